The molecule has 3 aromatic rings. The van der Waals surface area contributed by atoms with Gasteiger partial charge in [0.25, 0.3) is 5.91 Å². The molecule has 34 heavy (non-hydrogen) atoms. The van der Waals surface area contributed by atoms with Crippen LogP contribution in [0.1, 0.15) is 34.1 Å². The van der Waals surface area contributed by atoms with E-state index in [0.717, 1.165) is 5.56 Å². The van der Waals surface area contributed by atoms with Crippen LogP contribution in [0.4, 0.5) is 4.79 Å². The van der Waals surface area contributed by atoms with Crippen LogP contribution in [0, 0.1) is 0 Å². The van der Waals surface area contributed by atoms with Crippen molar-refractivity contribution >= 4 is 24.2 Å². The Hall–Kier alpha value is -4.47. The number of aromatic nitrogens is 2. The first-order chi connectivity index (χ1) is 16.5. The Morgan fingerprint density at radius 2 is 1.85 bits per heavy atom. The van der Waals surface area contributed by atoms with E-state index in [2.05, 4.69) is 25.8 Å². The minimum atomic E-state index is -0.952. The zero-order chi connectivity index (χ0) is 24.2. The van der Waals surface area contributed by atoms with Crippen molar-refractivity contribution in [3.63, 3.8) is 0 Å². The molecule has 0 fully saturated rings. The van der Waals surface area contributed by atoms with Gasteiger partial charge in [-0.25, -0.2) is 20.0 Å². The quantitative estimate of drug-likeness (QED) is 0.240. The highest BCUT2D eigenvalue weighted by Gasteiger charge is 2.22. The van der Waals surface area contributed by atoms with Gasteiger partial charge in [0.05, 0.1) is 24.7 Å². The predicted octanol–water partition coefficient (Wildman–Crippen LogP) is 2.57. The third-order valence-electron chi connectivity index (χ3n) is 4.61. The number of carbonyl (C=O) groups is 3. The largest absolute Gasteiger partial charge is 0.462 e. The minimum Gasteiger partial charge on any atom is -0.462 e. The molecule has 0 spiro atoms. The molecule has 3 rings (SSSR count). The second-order valence-electron chi connectivity index (χ2n) is 7.12. The molecule has 0 aliphatic heterocycles. The van der Waals surface area contributed by atoms with Gasteiger partial charge < -0.3 is 19.8 Å². The summed E-state index contributed by atoms with van der Waals surface area (Å²) in [5.41, 5.74) is 4.97. The van der Waals surface area contributed by atoms with E-state index >= 15 is 0 Å². The van der Waals surface area contributed by atoms with Gasteiger partial charge in [-0.3, -0.25) is 4.79 Å². The molecule has 0 aliphatic rings. The number of benzene rings is 2. The van der Waals surface area contributed by atoms with Crippen LogP contribution in [0.25, 0.3) is 0 Å². The molecule has 176 valence electrons. The normalized spacial score (nSPS) is 11.6. The number of alkyl carbamates (subject to hydrolysis) is 1. The summed E-state index contributed by atoms with van der Waals surface area (Å²) in [6.45, 7) is 2.10. The lowest BCUT2D eigenvalue weighted by molar-refractivity contribution is -0.123. The summed E-state index contributed by atoms with van der Waals surface area (Å²) in [4.78, 5) is 43.5. The molecule has 10 nitrogen and oxygen atoms in total. The van der Waals surface area contributed by atoms with Gasteiger partial charge in [-0.05, 0) is 30.2 Å². The Bertz CT molecular complexity index is 1100. The molecular formula is C24H25N5O5. The molecule has 0 saturated heterocycles. The summed E-state index contributed by atoms with van der Waals surface area (Å²) in [5, 5.41) is 6.50. The summed E-state index contributed by atoms with van der Waals surface area (Å²) in [6, 6.07) is 14.8. The standard InChI is InChI=1S/C24H25N5O5/c1-2-33-23(31)19-10-8-17(9-11-19)13-27-29-22(30)21(12-20-14-25-16-26-20)28-24(32)34-15-18-6-4-3-5-7-18/h3-11,13-14,16,21H,2,12,15H2,1H3,(H,25,26)(H,28,32)(H,29,30)/b27-13-/t21-/m1/s1. The maximum absolute atomic E-state index is 12.7. The van der Waals surface area contributed by atoms with Gasteiger partial charge in [-0.1, -0.05) is 42.5 Å². The molecule has 0 saturated carbocycles. The molecule has 0 radical (unpaired) electrons. The number of ether oxygens (including phenoxy) is 2. The number of nitrogens with one attached hydrogen (secondary N) is 3. The lowest BCUT2D eigenvalue weighted by Crippen LogP contribution is -2.47. The van der Waals surface area contributed by atoms with E-state index in [1.165, 1.54) is 12.5 Å². The SMILES string of the molecule is CCOC(=O)c1ccc(/C=N\NC(=O)[C@@H](Cc2cnc[nH]2)NC(=O)OCc2ccccc2)cc1. The van der Waals surface area contributed by atoms with Crippen molar-refractivity contribution in [3.05, 3.63) is 89.5 Å². The highest BCUT2D eigenvalue weighted by molar-refractivity contribution is 5.91. The van der Waals surface area contributed by atoms with Gasteiger partial charge >= 0.3 is 12.1 Å². The van der Waals surface area contributed by atoms with Gasteiger partial charge in [-0.15, -0.1) is 0 Å². The van der Waals surface area contributed by atoms with Crippen LogP contribution in [0.15, 0.2) is 72.2 Å². The summed E-state index contributed by atoms with van der Waals surface area (Å²) in [6.07, 6.45) is 3.90. The molecule has 0 aliphatic carbocycles. The molecule has 1 aromatic heterocycles. The number of hydrazone groups is 1. The molecule has 10 heteroatoms. The van der Waals surface area contributed by atoms with Crippen molar-refractivity contribution in [2.24, 2.45) is 5.10 Å². The number of amides is 2. The monoisotopic (exact) mass is 463 g/mol. The number of rotatable bonds is 10. The summed E-state index contributed by atoms with van der Waals surface area (Å²) in [5.74, 6) is -0.947. The Kier molecular flexibility index (Phi) is 8.92. The molecular weight excluding hydrogens is 438 g/mol. The van der Waals surface area contributed by atoms with E-state index < -0.39 is 24.0 Å². The maximum atomic E-state index is 12.7. The van der Waals surface area contributed by atoms with Crippen LogP contribution in [-0.4, -0.2) is 46.8 Å². The Labute approximate surface area is 196 Å². The average molecular weight is 463 g/mol. The topological polar surface area (TPSA) is 135 Å². The number of esters is 1. The fourth-order valence-electron chi connectivity index (χ4n) is 2.90. The zero-order valence-corrected chi connectivity index (χ0v) is 18.6. The number of H-pyrrole nitrogens is 1. The first-order valence-electron chi connectivity index (χ1n) is 10.6. The number of imidazole rings is 1. The van der Waals surface area contributed by atoms with E-state index in [-0.39, 0.29) is 13.0 Å². The third kappa shape index (κ3) is 7.59. The molecule has 0 unspecified atom stereocenters. The van der Waals surface area contributed by atoms with Crippen LogP contribution in [0.5, 0.6) is 0 Å². The molecule has 0 bridgehead atoms. The summed E-state index contributed by atoms with van der Waals surface area (Å²) >= 11 is 0. The first-order valence-corrected chi connectivity index (χ1v) is 10.6. The van der Waals surface area contributed by atoms with Crippen LogP contribution < -0.4 is 10.7 Å². The van der Waals surface area contributed by atoms with Crippen molar-refractivity contribution in [1.29, 1.82) is 0 Å². The van der Waals surface area contributed by atoms with Crippen molar-refractivity contribution in [2.75, 3.05) is 6.61 Å². The van der Waals surface area contributed by atoms with E-state index in [1.807, 2.05) is 30.3 Å². The summed E-state index contributed by atoms with van der Waals surface area (Å²) < 4.78 is 10.2. The number of hydrogen-bond acceptors (Lipinski definition) is 7. The predicted molar refractivity (Wildman–Crippen MR) is 124 cm³/mol. The van der Waals surface area contributed by atoms with Gasteiger partial charge in [0.1, 0.15) is 12.6 Å². The lowest BCUT2D eigenvalue weighted by atomic mass is 10.1. The maximum Gasteiger partial charge on any atom is 0.408 e. The zero-order valence-electron chi connectivity index (χ0n) is 18.6. The Morgan fingerprint density at radius 3 is 2.53 bits per heavy atom. The van der Waals surface area contributed by atoms with Gasteiger partial charge in [0, 0.05) is 18.3 Å². The van der Waals surface area contributed by atoms with Gasteiger partial charge in [-0.2, -0.15) is 5.10 Å². The van der Waals surface area contributed by atoms with Crippen molar-refractivity contribution in [2.45, 2.75) is 26.0 Å². The molecule has 2 amide bonds. The molecule has 1 atom stereocenters. The lowest BCUT2D eigenvalue weighted by Gasteiger charge is -2.16. The van der Waals surface area contributed by atoms with Crippen LogP contribution in [0.2, 0.25) is 0 Å². The van der Waals surface area contributed by atoms with Crippen molar-refractivity contribution in [1.82, 2.24) is 20.7 Å². The van der Waals surface area contributed by atoms with Gasteiger partial charge in [0.2, 0.25) is 0 Å². The molecule has 3 N–H and O–H groups in total. The molecule has 2 aromatic carbocycles. The highest BCUT2D eigenvalue weighted by Crippen LogP contribution is 2.05. The molecule has 1 heterocycles. The Balaban J connectivity index is 1.57. The Morgan fingerprint density at radius 1 is 1.09 bits per heavy atom. The van der Waals surface area contributed by atoms with E-state index in [4.69, 9.17) is 9.47 Å². The number of carbonyl (C=O) groups excluding carboxylic acids is 3. The van der Waals surface area contributed by atoms with E-state index in [0.29, 0.717) is 23.4 Å². The fourth-order valence-corrected chi connectivity index (χ4v) is 2.90. The fraction of sp³-hybridized carbons (Fsp3) is 0.208. The highest BCUT2D eigenvalue weighted by atomic mass is 16.5. The van der Waals surface area contributed by atoms with Gasteiger partial charge in [0.15, 0.2) is 0 Å². The minimum absolute atomic E-state index is 0.0744. The third-order valence-corrected chi connectivity index (χ3v) is 4.61. The van der Waals surface area contributed by atoms with Crippen LogP contribution in [0.3, 0.4) is 0 Å². The number of nitrogens with zero attached hydrogens (tertiary/aromatic N) is 2. The number of aromatic amines is 1. The second kappa shape index (κ2) is 12.5. The number of hydrogen-bond donors (Lipinski definition) is 3. The average Bonchev–Trinajstić information content (AvgIpc) is 3.37. The van der Waals surface area contributed by atoms with Crippen LogP contribution in [-0.2, 0) is 27.3 Å². The van der Waals surface area contributed by atoms with Crippen LogP contribution >= 0.6 is 0 Å². The van der Waals surface area contributed by atoms with E-state index in [1.54, 1.807) is 37.4 Å². The van der Waals surface area contributed by atoms with Crippen molar-refractivity contribution < 1.29 is 23.9 Å². The first kappa shape index (κ1) is 24.2. The second-order valence-corrected chi connectivity index (χ2v) is 7.12. The van der Waals surface area contributed by atoms with E-state index in [9.17, 15) is 14.4 Å². The van der Waals surface area contributed by atoms with Crippen molar-refractivity contribution in [3.8, 4) is 0 Å². The summed E-state index contributed by atoms with van der Waals surface area (Å²) in [7, 11) is 0. The smallest absolute Gasteiger partial charge is 0.408 e.